The number of carboxylic acids is 1. The molecule has 1 aromatic heterocycles. The van der Waals surface area contributed by atoms with Gasteiger partial charge >= 0.3 is 24.4 Å². The number of carbonyl (C=O) groups is 2. The Morgan fingerprint density at radius 1 is 0.967 bits per heavy atom. The van der Waals surface area contributed by atoms with Gasteiger partial charge in [-0.2, -0.15) is 26.3 Å². The highest BCUT2D eigenvalue weighted by atomic mass is 19.4. The lowest BCUT2D eigenvalue weighted by Gasteiger charge is -2.23. The van der Waals surface area contributed by atoms with Gasteiger partial charge in [-0.3, -0.25) is 9.78 Å². The lowest BCUT2D eigenvalue weighted by atomic mass is 9.98. The normalized spacial score (nSPS) is 14.0. The minimum atomic E-state index is -4.86. The summed E-state index contributed by atoms with van der Waals surface area (Å²) in [6.07, 6.45) is -8.50. The van der Waals surface area contributed by atoms with E-state index in [2.05, 4.69) is 10.3 Å². The zero-order valence-corrected chi connectivity index (χ0v) is 15.2. The first-order valence-electron chi connectivity index (χ1n) is 8.29. The van der Waals surface area contributed by atoms with Crippen molar-refractivity contribution in [2.45, 2.75) is 31.4 Å². The maximum Gasteiger partial charge on any atom is 0.418 e. The molecule has 1 aromatic carbocycles. The third-order valence-electron chi connectivity index (χ3n) is 3.98. The molecule has 6 nitrogen and oxygen atoms in total. The van der Waals surface area contributed by atoms with Crippen LogP contribution in [0, 0.1) is 0 Å². The van der Waals surface area contributed by atoms with Gasteiger partial charge < -0.3 is 15.7 Å². The van der Waals surface area contributed by atoms with Gasteiger partial charge in [-0.05, 0) is 36.8 Å². The van der Waals surface area contributed by atoms with Crippen LogP contribution in [0.5, 0.6) is 0 Å². The number of alkyl halides is 6. The first-order chi connectivity index (χ1) is 13.8. The standard InChI is InChI=1S/C18H15F6N3O3/c1-9(15(28)29)26-16(30)27-13(10-4-6-11(7-5-10)17(19,20)21)14-12(18(22,23)24)3-2-8-25-14/h2-9,13H,1H3,(H,28,29)(H2,26,27,30)/t9?,13-/m0/s1. The van der Waals surface area contributed by atoms with E-state index in [1.54, 1.807) is 0 Å². The Hall–Kier alpha value is -3.31. The van der Waals surface area contributed by atoms with Gasteiger partial charge in [0.2, 0.25) is 0 Å². The molecule has 2 amide bonds. The van der Waals surface area contributed by atoms with Gasteiger partial charge in [0.1, 0.15) is 6.04 Å². The predicted octanol–water partition coefficient (Wildman–Crippen LogP) is 3.98. The van der Waals surface area contributed by atoms with Crippen LogP contribution in [0.4, 0.5) is 31.1 Å². The molecule has 3 N–H and O–H groups in total. The van der Waals surface area contributed by atoms with Crippen molar-refractivity contribution in [2.24, 2.45) is 0 Å². The number of nitrogens with zero attached hydrogens (tertiary/aromatic N) is 1. The SMILES string of the molecule is CC(NC(=O)N[C@@H](c1ccc(C(F)(F)F)cc1)c1ncccc1C(F)(F)F)C(=O)O. The molecule has 30 heavy (non-hydrogen) atoms. The van der Waals surface area contributed by atoms with E-state index in [4.69, 9.17) is 5.11 Å². The van der Waals surface area contributed by atoms with Crippen molar-refractivity contribution >= 4 is 12.0 Å². The van der Waals surface area contributed by atoms with Crippen molar-refractivity contribution < 1.29 is 41.0 Å². The third kappa shape index (κ3) is 5.61. The van der Waals surface area contributed by atoms with Gasteiger partial charge in [0.05, 0.1) is 22.9 Å². The largest absolute Gasteiger partial charge is 0.480 e. The predicted molar refractivity (Wildman–Crippen MR) is 91.3 cm³/mol. The molecule has 0 radical (unpaired) electrons. The summed E-state index contributed by atoms with van der Waals surface area (Å²) in [5.74, 6) is -1.40. The second-order valence-electron chi connectivity index (χ2n) is 6.16. The highest BCUT2D eigenvalue weighted by Crippen LogP contribution is 2.36. The Balaban J connectivity index is 2.49. The lowest BCUT2D eigenvalue weighted by Crippen LogP contribution is -2.46. The quantitative estimate of drug-likeness (QED) is 0.620. The van der Waals surface area contributed by atoms with Gasteiger partial charge in [-0.1, -0.05) is 12.1 Å². The fraction of sp³-hybridized carbons (Fsp3) is 0.278. The summed E-state index contributed by atoms with van der Waals surface area (Å²) in [7, 11) is 0. The van der Waals surface area contributed by atoms with Gasteiger partial charge in [0.15, 0.2) is 0 Å². The number of halogens is 6. The van der Waals surface area contributed by atoms with E-state index in [1.807, 2.05) is 5.32 Å². The van der Waals surface area contributed by atoms with Crippen LogP contribution >= 0.6 is 0 Å². The number of benzene rings is 1. The maximum atomic E-state index is 13.4. The van der Waals surface area contributed by atoms with E-state index in [0.29, 0.717) is 18.2 Å². The van der Waals surface area contributed by atoms with Crippen LogP contribution in [0.1, 0.15) is 35.3 Å². The summed E-state index contributed by atoms with van der Waals surface area (Å²) in [6, 6.07) is 0.716. The molecular weight excluding hydrogens is 420 g/mol. The molecule has 0 spiro atoms. The van der Waals surface area contributed by atoms with Crippen molar-refractivity contribution in [2.75, 3.05) is 0 Å². The molecule has 2 aromatic rings. The monoisotopic (exact) mass is 435 g/mol. The zero-order valence-electron chi connectivity index (χ0n) is 15.2. The van der Waals surface area contributed by atoms with E-state index in [1.165, 1.54) is 0 Å². The number of carbonyl (C=O) groups excluding carboxylic acids is 1. The number of urea groups is 1. The summed E-state index contributed by atoms with van der Waals surface area (Å²) >= 11 is 0. The lowest BCUT2D eigenvalue weighted by molar-refractivity contribution is -0.139. The Labute approximate surface area is 165 Å². The number of amides is 2. The Kier molecular flexibility index (Phi) is 6.58. The van der Waals surface area contributed by atoms with Gasteiger partial charge in [0, 0.05) is 6.20 Å². The maximum absolute atomic E-state index is 13.4. The summed E-state index contributed by atoms with van der Waals surface area (Å²) in [5, 5.41) is 13.0. The molecule has 0 aliphatic rings. The number of aliphatic carboxylic acids is 1. The first kappa shape index (κ1) is 23.0. The van der Waals surface area contributed by atoms with Crippen molar-refractivity contribution in [3.63, 3.8) is 0 Å². The van der Waals surface area contributed by atoms with Crippen LogP contribution in [-0.2, 0) is 17.1 Å². The average Bonchev–Trinajstić information content (AvgIpc) is 2.64. The number of nitrogens with one attached hydrogen (secondary N) is 2. The molecule has 0 bridgehead atoms. The van der Waals surface area contributed by atoms with Crippen LogP contribution < -0.4 is 10.6 Å². The molecule has 12 heteroatoms. The summed E-state index contributed by atoms with van der Waals surface area (Å²) in [5.41, 5.74) is -3.03. The van der Waals surface area contributed by atoms with E-state index in [9.17, 15) is 35.9 Å². The van der Waals surface area contributed by atoms with E-state index in [-0.39, 0.29) is 5.56 Å². The van der Waals surface area contributed by atoms with Gasteiger partial charge in [-0.15, -0.1) is 0 Å². The van der Waals surface area contributed by atoms with E-state index in [0.717, 1.165) is 31.3 Å². The third-order valence-corrected chi connectivity index (χ3v) is 3.98. The minimum absolute atomic E-state index is 0.120. The molecule has 0 aliphatic carbocycles. The second-order valence-corrected chi connectivity index (χ2v) is 6.16. The molecule has 0 saturated heterocycles. The van der Waals surface area contributed by atoms with Gasteiger partial charge in [0.25, 0.3) is 0 Å². The number of carboxylic acid groups (broad SMARTS) is 1. The summed E-state index contributed by atoms with van der Waals surface area (Å²) in [6.45, 7) is 1.12. The highest BCUT2D eigenvalue weighted by molar-refractivity contribution is 5.82. The number of hydrogen-bond donors (Lipinski definition) is 3. The van der Waals surface area contributed by atoms with Crippen LogP contribution in [0.3, 0.4) is 0 Å². The zero-order chi connectivity index (χ0) is 22.7. The Morgan fingerprint density at radius 3 is 2.07 bits per heavy atom. The molecule has 1 unspecified atom stereocenters. The smallest absolute Gasteiger partial charge is 0.418 e. The van der Waals surface area contributed by atoms with Crippen molar-refractivity contribution in [1.29, 1.82) is 0 Å². The van der Waals surface area contributed by atoms with Crippen molar-refractivity contribution in [3.8, 4) is 0 Å². The molecule has 0 aliphatic heterocycles. The summed E-state index contributed by atoms with van der Waals surface area (Å²) < 4.78 is 78.6. The number of pyridine rings is 1. The average molecular weight is 435 g/mol. The fourth-order valence-electron chi connectivity index (χ4n) is 2.49. The summed E-state index contributed by atoms with van der Waals surface area (Å²) in [4.78, 5) is 26.7. The molecule has 2 rings (SSSR count). The van der Waals surface area contributed by atoms with Crippen LogP contribution in [-0.4, -0.2) is 28.1 Å². The topological polar surface area (TPSA) is 91.3 Å². The number of aromatic nitrogens is 1. The minimum Gasteiger partial charge on any atom is -0.480 e. The molecule has 162 valence electrons. The fourth-order valence-corrected chi connectivity index (χ4v) is 2.49. The highest BCUT2D eigenvalue weighted by Gasteiger charge is 2.37. The second kappa shape index (κ2) is 8.59. The Bertz CT molecular complexity index is 913. The van der Waals surface area contributed by atoms with Crippen molar-refractivity contribution in [1.82, 2.24) is 15.6 Å². The van der Waals surface area contributed by atoms with Crippen LogP contribution in [0.25, 0.3) is 0 Å². The van der Waals surface area contributed by atoms with Crippen LogP contribution in [0.15, 0.2) is 42.6 Å². The van der Waals surface area contributed by atoms with E-state index >= 15 is 0 Å². The molecule has 2 atom stereocenters. The first-order valence-corrected chi connectivity index (χ1v) is 8.29. The molecular formula is C18H15F6N3O3. The van der Waals surface area contributed by atoms with E-state index < -0.39 is 53.3 Å². The molecule has 0 fully saturated rings. The molecule has 0 saturated carbocycles. The number of rotatable bonds is 5. The van der Waals surface area contributed by atoms with Crippen LogP contribution in [0.2, 0.25) is 0 Å². The number of hydrogen-bond acceptors (Lipinski definition) is 3. The van der Waals surface area contributed by atoms with Crippen molar-refractivity contribution in [3.05, 3.63) is 65.0 Å². The Morgan fingerprint density at radius 2 is 1.57 bits per heavy atom. The van der Waals surface area contributed by atoms with Gasteiger partial charge in [-0.25, -0.2) is 4.79 Å². The molecule has 1 heterocycles.